The number of hydrogen-bond donors (Lipinski definition) is 1. The third-order valence-electron chi connectivity index (χ3n) is 5.69. The lowest BCUT2D eigenvalue weighted by molar-refractivity contribution is 0.188. The number of β-amino-alcohol motifs (C(OH)–C–C–N with tert-alkyl or cyclic N) is 1. The van der Waals surface area contributed by atoms with Crippen LogP contribution in [-0.2, 0) is 5.41 Å². The molecule has 6 heteroatoms. The summed E-state index contributed by atoms with van der Waals surface area (Å²) < 4.78 is 2.02. The minimum Gasteiger partial charge on any atom is -0.395 e. The topological polar surface area (TPSA) is 56.9 Å². The van der Waals surface area contributed by atoms with E-state index in [-0.39, 0.29) is 12.0 Å². The number of anilines is 1. The van der Waals surface area contributed by atoms with Crippen molar-refractivity contribution in [2.75, 3.05) is 44.2 Å². The van der Waals surface area contributed by atoms with E-state index in [0.29, 0.717) is 0 Å². The average Bonchev–Trinajstić information content (AvgIpc) is 3.04. The van der Waals surface area contributed by atoms with Gasteiger partial charge in [0.25, 0.3) is 0 Å². The van der Waals surface area contributed by atoms with Gasteiger partial charge in [-0.3, -0.25) is 4.90 Å². The summed E-state index contributed by atoms with van der Waals surface area (Å²) in [5.41, 5.74) is 5.20. The van der Waals surface area contributed by atoms with Crippen molar-refractivity contribution in [2.45, 2.75) is 33.1 Å². The van der Waals surface area contributed by atoms with Crippen LogP contribution < -0.4 is 4.90 Å². The van der Waals surface area contributed by atoms with Gasteiger partial charge in [0.15, 0.2) is 5.65 Å². The first-order valence-electron chi connectivity index (χ1n) is 10.4. The van der Waals surface area contributed by atoms with E-state index in [0.717, 1.165) is 66.7 Å². The van der Waals surface area contributed by atoms with E-state index in [1.165, 1.54) is 0 Å². The van der Waals surface area contributed by atoms with Crippen molar-refractivity contribution in [2.24, 2.45) is 0 Å². The third-order valence-corrected chi connectivity index (χ3v) is 5.69. The van der Waals surface area contributed by atoms with Crippen molar-refractivity contribution >= 4 is 11.5 Å². The van der Waals surface area contributed by atoms with Crippen LogP contribution >= 0.6 is 0 Å². The molecule has 1 saturated heterocycles. The van der Waals surface area contributed by atoms with Crippen LogP contribution in [0.25, 0.3) is 16.8 Å². The fourth-order valence-corrected chi connectivity index (χ4v) is 4.00. The summed E-state index contributed by atoms with van der Waals surface area (Å²) in [6, 6.07) is 12.6. The van der Waals surface area contributed by atoms with Crippen molar-refractivity contribution in [3.05, 3.63) is 47.8 Å². The monoisotopic (exact) mass is 393 g/mol. The number of benzene rings is 1. The van der Waals surface area contributed by atoms with Gasteiger partial charge in [-0.1, -0.05) is 51.1 Å². The van der Waals surface area contributed by atoms with Gasteiger partial charge < -0.3 is 10.0 Å². The predicted octanol–water partition coefficient (Wildman–Crippen LogP) is 3.12. The van der Waals surface area contributed by atoms with Crippen molar-refractivity contribution in [3.8, 4) is 11.1 Å². The van der Waals surface area contributed by atoms with Gasteiger partial charge in [0.2, 0.25) is 0 Å². The molecule has 3 heterocycles. The van der Waals surface area contributed by atoms with Crippen molar-refractivity contribution in [3.63, 3.8) is 0 Å². The number of aliphatic hydroxyl groups is 1. The number of hydrogen-bond acceptors (Lipinski definition) is 5. The molecule has 0 saturated carbocycles. The van der Waals surface area contributed by atoms with E-state index in [1.54, 1.807) is 0 Å². The number of piperazine rings is 1. The second-order valence-corrected chi connectivity index (χ2v) is 8.86. The first-order valence-corrected chi connectivity index (χ1v) is 10.4. The highest BCUT2D eigenvalue weighted by Gasteiger charge is 2.26. The Bertz CT molecular complexity index is 982. The van der Waals surface area contributed by atoms with Crippen molar-refractivity contribution < 1.29 is 5.11 Å². The number of aromatic nitrogens is 3. The lowest BCUT2D eigenvalue weighted by atomic mass is 9.91. The lowest BCUT2D eigenvalue weighted by Crippen LogP contribution is -2.47. The molecule has 0 spiro atoms. The Morgan fingerprint density at radius 2 is 1.72 bits per heavy atom. The van der Waals surface area contributed by atoms with Crippen LogP contribution in [-0.4, -0.2) is 63.9 Å². The molecule has 6 nitrogen and oxygen atoms in total. The Kier molecular flexibility index (Phi) is 5.32. The molecule has 1 aromatic carbocycles. The summed E-state index contributed by atoms with van der Waals surface area (Å²) in [5.74, 6) is 1.11. The molecule has 154 valence electrons. The molecule has 0 radical (unpaired) electrons. The van der Waals surface area contributed by atoms with E-state index < -0.39 is 0 Å². The minimum absolute atomic E-state index is 0.0542. The fourth-order valence-electron chi connectivity index (χ4n) is 4.00. The smallest absolute Gasteiger partial charge is 0.165 e. The van der Waals surface area contributed by atoms with Crippen LogP contribution in [0.2, 0.25) is 0 Å². The zero-order valence-corrected chi connectivity index (χ0v) is 17.9. The summed E-state index contributed by atoms with van der Waals surface area (Å²) in [6.45, 7) is 13.4. The second kappa shape index (κ2) is 7.76. The molecular weight excluding hydrogens is 362 g/mol. The highest BCUT2D eigenvalue weighted by molar-refractivity contribution is 5.81. The van der Waals surface area contributed by atoms with Gasteiger partial charge in [-0.15, -0.1) is 0 Å². The van der Waals surface area contributed by atoms with Gasteiger partial charge in [0.05, 0.1) is 18.0 Å². The summed E-state index contributed by atoms with van der Waals surface area (Å²) in [5, 5.41) is 14.1. The SMILES string of the molecule is Cc1nn2c(N3CCN(CCO)CC3)cc(C(C)(C)C)nc2c1-c1ccccc1. The lowest BCUT2D eigenvalue weighted by Gasteiger charge is -2.36. The van der Waals surface area contributed by atoms with Gasteiger partial charge in [-0.05, 0) is 12.5 Å². The maximum atomic E-state index is 9.23. The highest BCUT2D eigenvalue weighted by Crippen LogP contribution is 2.33. The van der Waals surface area contributed by atoms with E-state index >= 15 is 0 Å². The van der Waals surface area contributed by atoms with Crippen molar-refractivity contribution in [1.29, 1.82) is 0 Å². The maximum Gasteiger partial charge on any atom is 0.165 e. The standard InChI is InChI=1S/C23H31N5O/c1-17-21(18-8-6-5-7-9-18)22-24-19(23(2,3)4)16-20(28(22)25-17)27-12-10-26(11-13-27)14-15-29/h5-9,16,29H,10-15H2,1-4H3. The Hall–Kier alpha value is -2.44. The first-order chi connectivity index (χ1) is 13.9. The molecule has 0 bridgehead atoms. The first kappa shape index (κ1) is 19.9. The van der Waals surface area contributed by atoms with Gasteiger partial charge in [-0.2, -0.15) is 9.61 Å². The quantitative estimate of drug-likeness (QED) is 0.738. The predicted molar refractivity (Wildman–Crippen MR) is 118 cm³/mol. The van der Waals surface area contributed by atoms with E-state index in [9.17, 15) is 5.11 Å². The van der Waals surface area contributed by atoms with Crippen LogP contribution in [0, 0.1) is 6.92 Å². The maximum absolute atomic E-state index is 9.23. The molecular formula is C23H31N5O. The normalized spacial score (nSPS) is 16.0. The van der Waals surface area contributed by atoms with Crippen molar-refractivity contribution in [1.82, 2.24) is 19.5 Å². The molecule has 2 aromatic heterocycles. The molecule has 1 N–H and O–H groups in total. The van der Waals surface area contributed by atoms with Gasteiger partial charge in [0.1, 0.15) is 5.82 Å². The molecule has 1 aliphatic rings. The van der Waals surface area contributed by atoms with Crippen LogP contribution in [0.5, 0.6) is 0 Å². The third kappa shape index (κ3) is 3.87. The van der Waals surface area contributed by atoms with Crippen LogP contribution in [0.3, 0.4) is 0 Å². The van der Waals surface area contributed by atoms with E-state index in [2.05, 4.69) is 67.8 Å². The van der Waals surface area contributed by atoms with Gasteiger partial charge >= 0.3 is 0 Å². The average molecular weight is 394 g/mol. The Morgan fingerprint density at radius 3 is 2.34 bits per heavy atom. The summed E-state index contributed by atoms with van der Waals surface area (Å²) in [6.07, 6.45) is 0. The van der Waals surface area contributed by atoms with E-state index in [4.69, 9.17) is 10.1 Å². The van der Waals surface area contributed by atoms with Crippen LogP contribution in [0.1, 0.15) is 32.2 Å². The molecule has 3 aromatic rings. The number of aryl methyl sites for hydroxylation is 1. The van der Waals surface area contributed by atoms with Crippen LogP contribution in [0.15, 0.2) is 36.4 Å². The fraction of sp³-hybridized carbons (Fsp3) is 0.478. The molecule has 0 atom stereocenters. The van der Waals surface area contributed by atoms with E-state index in [1.807, 2.05) is 10.6 Å². The molecule has 1 fully saturated rings. The zero-order valence-electron chi connectivity index (χ0n) is 17.9. The Balaban J connectivity index is 1.84. The minimum atomic E-state index is -0.0542. The molecule has 0 aliphatic carbocycles. The number of aliphatic hydroxyl groups excluding tert-OH is 1. The summed E-state index contributed by atoms with van der Waals surface area (Å²) in [4.78, 5) is 9.78. The molecule has 4 rings (SSSR count). The molecule has 0 amide bonds. The summed E-state index contributed by atoms with van der Waals surface area (Å²) >= 11 is 0. The molecule has 29 heavy (non-hydrogen) atoms. The summed E-state index contributed by atoms with van der Waals surface area (Å²) in [7, 11) is 0. The highest BCUT2D eigenvalue weighted by atomic mass is 16.3. The van der Waals surface area contributed by atoms with Gasteiger partial charge in [-0.25, -0.2) is 4.98 Å². The van der Waals surface area contributed by atoms with Crippen LogP contribution in [0.4, 0.5) is 5.82 Å². The number of rotatable bonds is 4. The Morgan fingerprint density at radius 1 is 1.03 bits per heavy atom. The number of nitrogens with zero attached hydrogens (tertiary/aromatic N) is 5. The molecule has 1 aliphatic heterocycles. The van der Waals surface area contributed by atoms with Gasteiger partial charge in [0, 0.05) is 49.8 Å². The zero-order chi connectivity index (χ0) is 20.6. The Labute approximate surface area is 172 Å². The molecule has 0 unspecified atom stereocenters. The number of fused-ring (bicyclic) bond motifs is 1. The largest absolute Gasteiger partial charge is 0.395 e. The second-order valence-electron chi connectivity index (χ2n) is 8.86.